The van der Waals surface area contributed by atoms with Gasteiger partial charge in [0.1, 0.15) is 11.5 Å². The molecule has 1 atom stereocenters. The van der Waals surface area contributed by atoms with E-state index in [4.69, 9.17) is 20.8 Å². The molecule has 1 amide bonds. The predicted octanol–water partition coefficient (Wildman–Crippen LogP) is 4.34. The molecule has 32 heavy (non-hydrogen) atoms. The number of hydrogen-bond donors (Lipinski definition) is 1. The van der Waals surface area contributed by atoms with Crippen molar-refractivity contribution in [2.24, 2.45) is 0 Å². The minimum absolute atomic E-state index is 0.0262. The first-order chi connectivity index (χ1) is 15.4. The molecule has 4 rings (SSSR count). The van der Waals surface area contributed by atoms with Crippen molar-refractivity contribution in [1.82, 2.24) is 4.90 Å². The van der Waals surface area contributed by atoms with Gasteiger partial charge < -0.3 is 19.2 Å². The topological polar surface area (TPSA) is 97.0 Å². The summed E-state index contributed by atoms with van der Waals surface area (Å²) in [7, 11) is 1.28. The monoisotopic (exact) mass is 451 g/mol. The van der Waals surface area contributed by atoms with Gasteiger partial charge >= 0.3 is 5.97 Å². The molecule has 1 aliphatic rings. The third kappa shape index (κ3) is 3.90. The van der Waals surface area contributed by atoms with Gasteiger partial charge in [0.05, 0.1) is 37.1 Å². The molecular formula is C24H18ClNO6. The van der Waals surface area contributed by atoms with Crippen molar-refractivity contribution in [1.29, 1.82) is 0 Å². The molecule has 0 spiro atoms. The van der Waals surface area contributed by atoms with E-state index < -0.39 is 23.7 Å². The third-order valence-corrected chi connectivity index (χ3v) is 5.46. The lowest BCUT2D eigenvalue weighted by Crippen LogP contribution is -2.29. The number of halogens is 1. The van der Waals surface area contributed by atoms with Gasteiger partial charge in [0.2, 0.25) is 0 Å². The van der Waals surface area contributed by atoms with Gasteiger partial charge in [-0.1, -0.05) is 23.7 Å². The van der Waals surface area contributed by atoms with Crippen LogP contribution in [0.15, 0.2) is 76.9 Å². The second-order valence-corrected chi connectivity index (χ2v) is 7.56. The van der Waals surface area contributed by atoms with Crippen LogP contribution in [0, 0.1) is 0 Å². The number of amides is 1. The van der Waals surface area contributed by atoms with Crippen molar-refractivity contribution >= 4 is 35.0 Å². The summed E-state index contributed by atoms with van der Waals surface area (Å²) in [5, 5.41) is 11.5. The van der Waals surface area contributed by atoms with Crippen LogP contribution in [0.4, 0.5) is 0 Å². The molecule has 2 aromatic carbocycles. The lowest BCUT2D eigenvalue weighted by atomic mass is 9.94. The van der Waals surface area contributed by atoms with Gasteiger partial charge in [0.25, 0.3) is 11.7 Å². The molecule has 1 unspecified atom stereocenters. The Balaban J connectivity index is 1.84. The zero-order chi connectivity index (χ0) is 22.8. The fourth-order valence-corrected chi connectivity index (χ4v) is 3.77. The van der Waals surface area contributed by atoms with E-state index in [9.17, 15) is 19.5 Å². The number of carbonyl (C=O) groups excluding carboxylic acids is 3. The number of benzene rings is 2. The van der Waals surface area contributed by atoms with Crippen LogP contribution in [-0.2, 0) is 20.9 Å². The number of ketones is 1. The molecule has 7 nitrogen and oxygen atoms in total. The van der Waals surface area contributed by atoms with Crippen molar-refractivity contribution < 1.29 is 28.6 Å². The molecule has 1 fully saturated rings. The standard InChI is InChI=1S/C24H18ClNO6/c1-31-24(30)16-6-4-14(5-7-16)20-19(21(27)15-8-10-17(25)11-9-15)22(28)23(29)26(20)13-18-3-2-12-32-18/h2-12,20,27H,13H2,1H3/b21-19+. The molecule has 1 saturated heterocycles. The average molecular weight is 452 g/mol. The van der Waals surface area contributed by atoms with Gasteiger partial charge in [-0.2, -0.15) is 0 Å². The Morgan fingerprint density at radius 3 is 2.31 bits per heavy atom. The minimum atomic E-state index is -0.887. The SMILES string of the molecule is COC(=O)c1ccc(C2/C(=C(\O)c3ccc(Cl)cc3)C(=O)C(=O)N2Cc2ccco2)cc1. The van der Waals surface area contributed by atoms with Gasteiger partial charge in [-0.05, 0) is 54.1 Å². The number of Topliss-reactive ketones (excluding diaryl/α,β-unsaturated/α-hetero) is 1. The van der Waals surface area contributed by atoms with Gasteiger partial charge in [-0.3, -0.25) is 9.59 Å². The normalized spacial score (nSPS) is 17.6. The van der Waals surface area contributed by atoms with Crippen LogP contribution in [0.2, 0.25) is 5.02 Å². The molecular weight excluding hydrogens is 434 g/mol. The van der Waals surface area contributed by atoms with Crippen LogP contribution in [0.1, 0.15) is 33.3 Å². The second kappa shape index (κ2) is 8.72. The third-order valence-electron chi connectivity index (χ3n) is 5.21. The maximum atomic E-state index is 13.0. The van der Waals surface area contributed by atoms with Gasteiger partial charge in [0, 0.05) is 10.6 Å². The molecule has 1 aliphatic heterocycles. The number of aliphatic hydroxyl groups is 1. The summed E-state index contributed by atoms with van der Waals surface area (Å²) >= 11 is 5.93. The summed E-state index contributed by atoms with van der Waals surface area (Å²) in [6.45, 7) is 0.0262. The molecule has 0 radical (unpaired) electrons. The summed E-state index contributed by atoms with van der Waals surface area (Å²) in [5.74, 6) is -1.93. The number of ether oxygens (including phenoxy) is 1. The van der Waals surface area contributed by atoms with Crippen LogP contribution in [0.3, 0.4) is 0 Å². The van der Waals surface area contributed by atoms with E-state index in [1.54, 1.807) is 48.5 Å². The first-order valence-corrected chi connectivity index (χ1v) is 10.0. The molecule has 1 N–H and O–H groups in total. The van der Waals surface area contributed by atoms with Gasteiger partial charge in [-0.15, -0.1) is 0 Å². The summed E-state index contributed by atoms with van der Waals surface area (Å²) in [6.07, 6.45) is 1.47. The smallest absolute Gasteiger partial charge is 0.337 e. The van der Waals surface area contributed by atoms with Crippen molar-refractivity contribution in [3.05, 3.63) is 100.0 Å². The Bertz CT molecular complexity index is 1200. The number of likely N-dealkylation sites (tertiary alicyclic amines) is 1. The molecule has 162 valence electrons. The number of carbonyl (C=O) groups is 3. The fraction of sp³-hybridized carbons (Fsp3) is 0.125. The number of aliphatic hydroxyl groups excluding tert-OH is 1. The number of hydrogen-bond acceptors (Lipinski definition) is 6. The quantitative estimate of drug-likeness (QED) is 0.268. The maximum absolute atomic E-state index is 13.0. The molecule has 0 aliphatic carbocycles. The molecule has 0 saturated carbocycles. The number of furan rings is 1. The highest BCUT2D eigenvalue weighted by atomic mass is 35.5. The molecule has 3 aromatic rings. The minimum Gasteiger partial charge on any atom is -0.507 e. The Hall–Kier alpha value is -3.84. The van der Waals surface area contributed by atoms with Gasteiger partial charge in [0.15, 0.2) is 0 Å². The zero-order valence-electron chi connectivity index (χ0n) is 16.9. The summed E-state index contributed by atoms with van der Waals surface area (Å²) in [4.78, 5) is 39.0. The van der Waals surface area contributed by atoms with Crippen LogP contribution < -0.4 is 0 Å². The van der Waals surface area contributed by atoms with E-state index in [0.717, 1.165) is 0 Å². The first kappa shape index (κ1) is 21.4. The maximum Gasteiger partial charge on any atom is 0.337 e. The Labute approximate surface area is 188 Å². The highest BCUT2D eigenvalue weighted by Gasteiger charge is 2.46. The highest BCUT2D eigenvalue weighted by molar-refractivity contribution is 6.46. The second-order valence-electron chi connectivity index (χ2n) is 7.13. The van der Waals surface area contributed by atoms with Crippen LogP contribution in [0.25, 0.3) is 5.76 Å². The number of nitrogens with zero attached hydrogens (tertiary/aromatic N) is 1. The van der Waals surface area contributed by atoms with Crippen LogP contribution in [0.5, 0.6) is 0 Å². The van der Waals surface area contributed by atoms with Crippen LogP contribution >= 0.6 is 11.6 Å². The molecule has 1 aromatic heterocycles. The Morgan fingerprint density at radius 1 is 1.06 bits per heavy atom. The zero-order valence-corrected chi connectivity index (χ0v) is 17.7. The number of esters is 1. The van der Waals surface area contributed by atoms with E-state index in [1.807, 2.05) is 0 Å². The van der Waals surface area contributed by atoms with E-state index in [1.165, 1.54) is 30.4 Å². The average Bonchev–Trinajstić information content (AvgIpc) is 3.41. The van der Waals surface area contributed by atoms with Crippen LogP contribution in [-0.4, -0.2) is 34.8 Å². The van der Waals surface area contributed by atoms with E-state index in [0.29, 0.717) is 27.5 Å². The molecule has 2 heterocycles. The Morgan fingerprint density at radius 2 is 1.72 bits per heavy atom. The summed E-state index contributed by atoms with van der Waals surface area (Å²) in [5.41, 5.74) is 1.15. The van der Waals surface area contributed by atoms with E-state index in [2.05, 4.69) is 0 Å². The Kier molecular flexibility index (Phi) is 5.83. The highest BCUT2D eigenvalue weighted by Crippen LogP contribution is 2.40. The first-order valence-electron chi connectivity index (χ1n) is 9.65. The predicted molar refractivity (Wildman–Crippen MR) is 116 cm³/mol. The largest absolute Gasteiger partial charge is 0.507 e. The van der Waals surface area contributed by atoms with E-state index >= 15 is 0 Å². The fourth-order valence-electron chi connectivity index (χ4n) is 3.64. The van der Waals surface area contributed by atoms with Crippen molar-refractivity contribution in [2.45, 2.75) is 12.6 Å². The van der Waals surface area contributed by atoms with Gasteiger partial charge in [-0.25, -0.2) is 4.79 Å². The summed E-state index contributed by atoms with van der Waals surface area (Å²) < 4.78 is 10.1. The summed E-state index contributed by atoms with van der Waals surface area (Å²) in [6, 6.07) is 15.1. The molecule has 8 heteroatoms. The lowest BCUT2D eigenvalue weighted by Gasteiger charge is -2.24. The lowest BCUT2D eigenvalue weighted by molar-refractivity contribution is -0.140. The molecule has 0 bridgehead atoms. The number of rotatable bonds is 5. The number of methoxy groups -OCH3 is 1. The van der Waals surface area contributed by atoms with Crippen molar-refractivity contribution in [3.8, 4) is 0 Å². The van der Waals surface area contributed by atoms with Crippen molar-refractivity contribution in [2.75, 3.05) is 7.11 Å². The van der Waals surface area contributed by atoms with Crippen molar-refractivity contribution in [3.63, 3.8) is 0 Å². The van der Waals surface area contributed by atoms with E-state index in [-0.39, 0.29) is 17.9 Å².